The minimum absolute atomic E-state index is 0.283. The molecule has 2 rings (SSSR count). The van der Waals surface area contributed by atoms with E-state index in [1.807, 2.05) is 6.26 Å². The van der Waals surface area contributed by atoms with E-state index < -0.39 is 17.6 Å². The Labute approximate surface area is 121 Å². The van der Waals surface area contributed by atoms with Gasteiger partial charge in [-0.15, -0.1) is 0 Å². The number of ether oxygens (including phenoxy) is 1. The van der Waals surface area contributed by atoms with Crippen molar-refractivity contribution in [3.8, 4) is 0 Å². The van der Waals surface area contributed by atoms with Gasteiger partial charge in [-0.25, -0.2) is 19.7 Å². The quantitative estimate of drug-likeness (QED) is 0.584. The molecule has 1 aliphatic heterocycles. The van der Waals surface area contributed by atoms with Gasteiger partial charge in [0.05, 0.1) is 11.3 Å². The zero-order valence-electron chi connectivity index (χ0n) is 12.0. The van der Waals surface area contributed by atoms with Gasteiger partial charge in [0.2, 0.25) is 0 Å². The third-order valence-electron chi connectivity index (χ3n) is 2.69. The molecule has 1 aliphatic rings. The Morgan fingerprint density at radius 2 is 2.15 bits per heavy atom. The molecule has 0 bridgehead atoms. The molecule has 0 radical (unpaired) electrons. The molecule has 0 atom stereocenters. The van der Waals surface area contributed by atoms with E-state index >= 15 is 0 Å². The number of hydrogen-bond acceptors (Lipinski definition) is 6. The molecule has 6 nitrogen and oxygen atoms in total. The van der Waals surface area contributed by atoms with Crippen molar-refractivity contribution in [1.82, 2.24) is 14.9 Å². The van der Waals surface area contributed by atoms with E-state index in [1.165, 1.54) is 18.0 Å². The molecule has 2 heterocycles. The SMILES string of the molecule is CSc1ncc2c(n1)CCN(C(=O)OC(C)(C)C)C2=O. The Morgan fingerprint density at radius 1 is 1.45 bits per heavy atom. The maximum atomic E-state index is 12.3. The minimum atomic E-state index is -0.628. The molecule has 2 amide bonds. The summed E-state index contributed by atoms with van der Waals surface area (Å²) in [6.07, 6.45) is 3.25. The van der Waals surface area contributed by atoms with E-state index in [2.05, 4.69) is 9.97 Å². The summed E-state index contributed by atoms with van der Waals surface area (Å²) in [7, 11) is 0. The van der Waals surface area contributed by atoms with Crippen LogP contribution in [0.2, 0.25) is 0 Å². The van der Waals surface area contributed by atoms with E-state index in [4.69, 9.17) is 4.74 Å². The van der Waals surface area contributed by atoms with Gasteiger partial charge >= 0.3 is 6.09 Å². The Bertz CT molecular complexity index is 554. The fourth-order valence-electron chi connectivity index (χ4n) is 1.82. The van der Waals surface area contributed by atoms with Crippen LogP contribution in [0.25, 0.3) is 0 Å². The largest absolute Gasteiger partial charge is 0.443 e. The third-order valence-corrected chi connectivity index (χ3v) is 3.25. The molecule has 108 valence electrons. The van der Waals surface area contributed by atoms with Gasteiger partial charge in [-0.1, -0.05) is 11.8 Å². The lowest BCUT2D eigenvalue weighted by Gasteiger charge is -2.29. The van der Waals surface area contributed by atoms with Crippen molar-refractivity contribution < 1.29 is 14.3 Å². The van der Waals surface area contributed by atoms with Crippen LogP contribution in [0.15, 0.2) is 11.4 Å². The summed E-state index contributed by atoms with van der Waals surface area (Å²) in [5, 5.41) is 0.627. The molecule has 1 aromatic heterocycles. The topological polar surface area (TPSA) is 72.4 Å². The molecule has 20 heavy (non-hydrogen) atoms. The number of aromatic nitrogens is 2. The second-order valence-corrected chi connectivity index (χ2v) is 6.18. The highest BCUT2D eigenvalue weighted by Crippen LogP contribution is 2.21. The molecule has 0 spiro atoms. The van der Waals surface area contributed by atoms with Gasteiger partial charge in [0.25, 0.3) is 5.91 Å². The van der Waals surface area contributed by atoms with Gasteiger partial charge in [0, 0.05) is 19.2 Å². The maximum absolute atomic E-state index is 12.3. The smallest absolute Gasteiger partial charge is 0.417 e. The number of thioether (sulfide) groups is 1. The van der Waals surface area contributed by atoms with Crippen LogP contribution in [-0.2, 0) is 11.2 Å². The van der Waals surface area contributed by atoms with Crippen LogP contribution in [-0.4, -0.2) is 45.3 Å². The number of rotatable bonds is 1. The van der Waals surface area contributed by atoms with E-state index in [1.54, 1.807) is 20.8 Å². The van der Waals surface area contributed by atoms with Crippen molar-refractivity contribution in [3.05, 3.63) is 17.5 Å². The van der Waals surface area contributed by atoms with Crippen LogP contribution in [0.5, 0.6) is 0 Å². The van der Waals surface area contributed by atoms with Crippen molar-refractivity contribution in [3.63, 3.8) is 0 Å². The lowest BCUT2D eigenvalue weighted by atomic mass is 10.1. The number of amides is 2. The summed E-state index contributed by atoms with van der Waals surface area (Å²) in [6, 6.07) is 0. The maximum Gasteiger partial charge on any atom is 0.417 e. The number of nitrogens with zero attached hydrogens (tertiary/aromatic N) is 3. The van der Waals surface area contributed by atoms with E-state index in [0.717, 1.165) is 4.90 Å². The summed E-state index contributed by atoms with van der Waals surface area (Å²) < 4.78 is 5.23. The first-order valence-corrected chi connectivity index (χ1v) is 7.49. The van der Waals surface area contributed by atoms with E-state index in [0.29, 0.717) is 22.8 Å². The van der Waals surface area contributed by atoms with Gasteiger partial charge < -0.3 is 4.74 Å². The van der Waals surface area contributed by atoms with Crippen molar-refractivity contribution in [1.29, 1.82) is 0 Å². The lowest BCUT2D eigenvalue weighted by Crippen LogP contribution is -2.45. The standard InChI is InChI=1S/C13H17N3O3S/c1-13(2,3)19-12(18)16-6-5-9-8(10(16)17)7-14-11(15-9)20-4/h7H,5-6H2,1-4H3. The second-order valence-electron chi connectivity index (χ2n) is 5.40. The van der Waals surface area contributed by atoms with Gasteiger partial charge in [0.1, 0.15) is 5.60 Å². The predicted molar refractivity (Wildman–Crippen MR) is 74.8 cm³/mol. The van der Waals surface area contributed by atoms with Crippen molar-refractivity contribution >= 4 is 23.8 Å². The summed E-state index contributed by atoms with van der Waals surface area (Å²) in [4.78, 5) is 33.8. The molecular formula is C13H17N3O3S. The predicted octanol–water partition coefficient (Wildman–Crippen LogP) is 2.13. The first-order chi connectivity index (χ1) is 9.31. The zero-order valence-corrected chi connectivity index (χ0v) is 12.8. The molecule has 0 aliphatic carbocycles. The van der Waals surface area contributed by atoms with Crippen LogP contribution in [0.4, 0.5) is 4.79 Å². The Hall–Kier alpha value is -1.63. The first-order valence-electron chi connectivity index (χ1n) is 6.26. The molecular weight excluding hydrogens is 278 g/mol. The minimum Gasteiger partial charge on any atom is -0.443 e. The van der Waals surface area contributed by atoms with Gasteiger partial charge in [0.15, 0.2) is 5.16 Å². The van der Waals surface area contributed by atoms with Gasteiger partial charge in [-0.3, -0.25) is 4.79 Å². The molecule has 0 fully saturated rings. The van der Waals surface area contributed by atoms with Crippen LogP contribution in [0.3, 0.4) is 0 Å². The molecule has 7 heteroatoms. The molecule has 0 unspecified atom stereocenters. The van der Waals surface area contributed by atoms with Crippen LogP contribution in [0.1, 0.15) is 36.8 Å². The van der Waals surface area contributed by atoms with Gasteiger partial charge in [-0.05, 0) is 27.0 Å². The highest BCUT2D eigenvalue weighted by Gasteiger charge is 2.33. The Kier molecular flexibility index (Phi) is 3.99. The lowest BCUT2D eigenvalue weighted by molar-refractivity contribution is 0.0232. The fourth-order valence-corrected chi connectivity index (χ4v) is 2.18. The monoisotopic (exact) mass is 295 g/mol. The van der Waals surface area contributed by atoms with Crippen molar-refractivity contribution in [2.45, 2.75) is 37.9 Å². The highest BCUT2D eigenvalue weighted by molar-refractivity contribution is 7.98. The zero-order chi connectivity index (χ0) is 14.9. The van der Waals surface area contributed by atoms with Crippen LogP contribution >= 0.6 is 11.8 Å². The summed E-state index contributed by atoms with van der Waals surface area (Å²) in [5.41, 5.74) is 0.436. The number of carbonyl (C=O) groups is 2. The van der Waals surface area contributed by atoms with Crippen molar-refractivity contribution in [2.24, 2.45) is 0 Å². The van der Waals surface area contributed by atoms with Gasteiger partial charge in [-0.2, -0.15) is 0 Å². The first kappa shape index (κ1) is 14.8. The average Bonchev–Trinajstić information content (AvgIpc) is 2.36. The molecule has 0 aromatic carbocycles. The second kappa shape index (κ2) is 5.40. The summed E-state index contributed by atoms with van der Waals surface area (Å²) in [6.45, 7) is 5.58. The van der Waals surface area contributed by atoms with E-state index in [9.17, 15) is 9.59 Å². The summed E-state index contributed by atoms with van der Waals surface area (Å²) in [5.74, 6) is -0.395. The average molecular weight is 295 g/mol. The molecule has 0 N–H and O–H groups in total. The van der Waals surface area contributed by atoms with Crippen LogP contribution < -0.4 is 0 Å². The Morgan fingerprint density at radius 3 is 2.75 bits per heavy atom. The number of carbonyl (C=O) groups excluding carboxylic acids is 2. The Balaban J connectivity index is 2.22. The van der Waals surface area contributed by atoms with Crippen molar-refractivity contribution in [2.75, 3.05) is 12.8 Å². The number of fused-ring (bicyclic) bond motifs is 1. The third kappa shape index (κ3) is 3.09. The molecule has 1 aromatic rings. The normalized spacial score (nSPS) is 15.0. The molecule has 0 saturated carbocycles. The number of hydrogen-bond donors (Lipinski definition) is 0. The number of imide groups is 1. The van der Waals surface area contributed by atoms with Crippen LogP contribution in [0, 0.1) is 0 Å². The molecule has 0 saturated heterocycles. The highest BCUT2D eigenvalue weighted by atomic mass is 32.2. The summed E-state index contributed by atoms with van der Waals surface area (Å²) >= 11 is 1.42. The van der Waals surface area contributed by atoms with E-state index in [-0.39, 0.29) is 6.54 Å². The fraction of sp³-hybridized carbons (Fsp3) is 0.538.